The molecule has 2 aliphatic heterocycles. The lowest BCUT2D eigenvalue weighted by Crippen LogP contribution is -2.53. The van der Waals surface area contributed by atoms with Gasteiger partial charge in [0.1, 0.15) is 0 Å². The molecule has 2 aliphatic rings. The smallest absolute Gasteiger partial charge is 0.223 e. The summed E-state index contributed by atoms with van der Waals surface area (Å²) < 4.78 is 0. The molecule has 0 aliphatic carbocycles. The molecule has 1 atom stereocenters. The third-order valence-corrected chi connectivity index (χ3v) is 3.69. The maximum Gasteiger partial charge on any atom is 0.223 e. The average molecular weight is 239 g/mol. The highest BCUT2D eigenvalue weighted by Crippen LogP contribution is 2.23. The monoisotopic (exact) mass is 239 g/mol. The first-order chi connectivity index (χ1) is 8.22. The summed E-state index contributed by atoms with van der Waals surface area (Å²) in [5, 5.41) is 0. The van der Waals surface area contributed by atoms with E-state index >= 15 is 0 Å². The van der Waals surface area contributed by atoms with Crippen molar-refractivity contribution in [1.82, 2.24) is 9.80 Å². The third-order valence-electron chi connectivity index (χ3n) is 3.69. The molecular weight excluding hydrogens is 218 g/mol. The number of carbonyl (C=O) groups excluding carboxylic acids is 2. The fourth-order valence-corrected chi connectivity index (χ4v) is 2.67. The van der Waals surface area contributed by atoms with E-state index < -0.39 is 0 Å². The lowest BCUT2D eigenvalue weighted by atomic mass is 10.1. The summed E-state index contributed by atoms with van der Waals surface area (Å²) in [6.07, 6.45) is 3.94. The van der Waals surface area contributed by atoms with Gasteiger partial charge in [0.05, 0.1) is 0 Å². The normalized spacial score (nSPS) is 24.1. The van der Waals surface area contributed by atoms with Crippen molar-refractivity contribution in [2.75, 3.05) is 26.2 Å². The van der Waals surface area contributed by atoms with Gasteiger partial charge in [0.25, 0.3) is 0 Å². The number of nitrogens with two attached hydrogens (primary N) is 1. The Hall–Kier alpha value is -1.10. The quantitative estimate of drug-likeness (QED) is 0.699. The van der Waals surface area contributed by atoms with Crippen LogP contribution in [0.4, 0.5) is 0 Å². The first-order valence-corrected chi connectivity index (χ1v) is 6.49. The topological polar surface area (TPSA) is 66.6 Å². The molecule has 2 amide bonds. The van der Waals surface area contributed by atoms with Gasteiger partial charge in [-0.3, -0.25) is 9.59 Å². The maximum absolute atomic E-state index is 11.9. The Morgan fingerprint density at radius 2 is 2.18 bits per heavy atom. The number of unbranched alkanes of at least 4 members (excludes halogenated alkanes) is 1. The third kappa shape index (κ3) is 2.77. The fourth-order valence-electron chi connectivity index (χ4n) is 2.67. The van der Waals surface area contributed by atoms with E-state index in [-0.39, 0.29) is 17.9 Å². The zero-order valence-electron chi connectivity index (χ0n) is 10.2. The predicted octanol–water partition coefficient (Wildman–Crippen LogP) is -0.0514. The second-order valence-corrected chi connectivity index (χ2v) is 4.87. The van der Waals surface area contributed by atoms with Crippen LogP contribution in [0.1, 0.15) is 32.1 Å². The minimum atomic E-state index is 0.220. The van der Waals surface area contributed by atoms with Gasteiger partial charge in [-0.2, -0.15) is 0 Å². The number of piperazine rings is 1. The number of rotatable bonds is 4. The van der Waals surface area contributed by atoms with Crippen LogP contribution in [0.5, 0.6) is 0 Å². The van der Waals surface area contributed by atoms with Gasteiger partial charge in [-0.1, -0.05) is 0 Å². The molecule has 0 aromatic carbocycles. The summed E-state index contributed by atoms with van der Waals surface area (Å²) in [7, 11) is 0. The summed E-state index contributed by atoms with van der Waals surface area (Å²) >= 11 is 0. The molecule has 0 aromatic rings. The number of fused-ring (bicyclic) bond motifs is 1. The van der Waals surface area contributed by atoms with Crippen molar-refractivity contribution in [2.45, 2.75) is 38.1 Å². The van der Waals surface area contributed by atoms with E-state index in [0.29, 0.717) is 32.5 Å². The van der Waals surface area contributed by atoms with Crippen molar-refractivity contribution < 1.29 is 9.59 Å². The van der Waals surface area contributed by atoms with Crippen molar-refractivity contribution in [2.24, 2.45) is 5.73 Å². The molecule has 2 N–H and O–H groups in total. The van der Waals surface area contributed by atoms with Gasteiger partial charge >= 0.3 is 0 Å². The van der Waals surface area contributed by atoms with Crippen molar-refractivity contribution in [1.29, 1.82) is 0 Å². The summed E-state index contributed by atoms with van der Waals surface area (Å²) in [6.45, 7) is 2.79. The van der Waals surface area contributed by atoms with Crippen LogP contribution in [0.2, 0.25) is 0 Å². The molecule has 5 nitrogen and oxygen atoms in total. The second-order valence-electron chi connectivity index (χ2n) is 4.87. The largest absolute Gasteiger partial charge is 0.339 e. The summed E-state index contributed by atoms with van der Waals surface area (Å²) in [5.41, 5.74) is 5.41. The van der Waals surface area contributed by atoms with E-state index in [1.807, 2.05) is 9.80 Å². The molecule has 0 radical (unpaired) electrons. The molecule has 0 aromatic heterocycles. The number of amides is 2. The molecule has 0 spiro atoms. The lowest BCUT2D eigenvalue weighted by Gasteiger charge is -2.37. The second kappa shape index (κ2) is 5.49. The van der Waals surface area contributed by atoms with Gasteiger partial charge in [0, 0.05) is 38.5 Å². The molecule has 2 fully saturated rings. The van der Waals surface area contributed by atoms with Crippen LogP contribution in [0.3, 0.4) is 0 Å². The molecule has 0 saturated carbocycles. The first kappa shape index (κ1) is 12.4. The van der Waals surface area contributed by atoms with E-state index in [9.17, 15) is 9.59 Å². The predicted molar refractivity (Wildman–Crippen MR) is 64.2 cm³/mol. The van der Waals surface area contributed by atoms with Crippen LogP contribution in [0.15, 0.2) is 0 Å². The summed E-state index contributed by atoms with van der Waals surface area (Å²) in [6, 6.07) is 0.273. The van der Waals surface area contributed by atoms with Crippen LogP contribution in [0, 0.1) is 0 Å². The van der Waals surface area contributed by atoms with Crippen molar-refractivity contribution in [3.63, 3.8) is 0 Å². The first-order valence-electron chi connectivity index (χ1n) is 6.49. The van der Waals surface area contributed by atoms with E-state index in [4.69, 9.17) is 5.73 Å². The maximum atomic E-state index is 11.9. The van der Waals surface area contributed by atoms with E-state index in [1.165, 1.54) is 0 Å². The summed E-state index contributed by atoms with van der Waals surface area (Å²) in [5.74, 6) is 0.475. The highest BCUT2D eigenvalue weighted by Gasteiger charge is 2.36. The SMILES string of the molecule is NCCCCC(=O)N1CCN2C(=O)CCC2C1. The Labute approximate surface area is 102 Å². The van der Waals surface area contributed by atoms with E-state index in [0.717, 1.165) is 25.8 Å². The van der Waals surface area contributed by atoms with Crippen LogP contribution in [-0.4, -0.2) is 53.8 Å². The van der Waals surface area contributed by atoms with Crippen molar-refractivity contribution >= 4 is 11.8 Å². The molecular formula is C12H21N3O2. The molecule has 1 unspecified atom stereocenters. The minimum absolute atomic E-state index is 0.220. The zero-order chi connectivity index (χ0) is 12.3. The van der Waals surface area contributed by atoms with Crippen LogP contribution < -0.4 is 5.73 Å². The van der Waals surface area contributed by atoms with E-state index in [2.05, 4.69) is 0 Å². The Morgan fingerprint density at radius 3 is 2.94 bits per heavy atom. The van der Waals surface area contributed by atoms with Gasteiger partial charge in [0.15, 0.2) is 0 Å². The van der Waals surface area contributed by atoms with Gasteiger partial charge in [-0.25, -0.2) is 0 Å². The standard InChI is InChI=1S/C12H21N3O2/c13-6-2-1-3-11(16)14-7-8-15-10(9-14)4-5-12(15)17/h10H,1-9,13H2. The van der Waals surface area contributed by atoms with E-state index in [1.54, 1.807) is 0 Å². The van der Waals surface area contributed by atoms with Crippen molar-refractivity contribution in [3.8, 4) is 0 Å². The van der Waals surface area contributed by atoms with Crippen LogP contribution >= 0.6 is 0 Å². The molecule has 2 heterocycles. The molecule has 2 rings (SSSR count). The van der Waals surface area contributed by atoms with Crippen molar-refractivity contribution in [3.05, 3.63) is 0 Å². The summed E-state index contributed by atoms with van der Waals surface area (Å²) in [4.78, 5) is 27.3. The average Bonchev–Trinajstić information content (AvgIpc) is 2.71. The molecule has 0 bridgehead atoms. The minimum Gasteiger partial charge on any atom is -0.339 e. The van der Waals surface area contributed by atoms with Gasteiger partial charge in [-0.15, -0.1) is 0 Å². The van der Waals surface area contributed by atoms with Gasteiger partial charge in [-0.05, 0) is 25.8 Å². The molecule has 5 heteroatoms. The highest BCUT2D eigenvalue weighted by molar-refractivity contribution is 5.80. The lowest BCUT2D eigenvalue weighted by molar-refractivity contribution is -0.139. The molecule has 96 valence electrons. The Kier molecular flexibility index (Phi) is 3.99. The van der Waals surface area contributed by atoms with Gasteiger partial charge < -0.3 is 15.5 Å². The van der Waals surface area contributed by atoms with Gasteiger partial charge in [0.2, 0.25) is 11.8 Å². The number of hydrogen-bond donors (Lipinski definition) is 1. The van der Waals surface area contributed by atoms with Crippen LogP contribution in [-0.2, 0) is 9.59 Å². The zero-order valence-corrected chi connectivity index (χ0v) is 10.2. The number of carbonyl (C=O) groups is 2. The Balaban J connectivity index is 1.80. The Bertz CT molecular complexity index is 306. The Morgan fingerprint density at radius 1 is 1.35 bits per heavy atom. The number of nitrogens with zero attached hydrogens (tertiary/aromatic N) is 2. The highest BCUT2D eigenvalue weighted by atomic mass is 16.2. The van der Waals surface area contributed by atoms with Crippen LogP contribution in [0.25, 0.3) is 0 Å². The number of hydrogen-bond acceptors (Lipinski definition) is 3. The molecule has 2 saturated heterocycles. The molecule has 17 heavy (non-hydrogen) atoms. The fraction of sp³-hybridized carbons (Fsp3) is 0.833.